The van der Waals surface area contributed by atoms with Gasteiger partial charge in [0.15, 0.2) is 0 Å². The molecule has 5 heteroatoms. The van der Waals surface area contributed by atoms with Crippen LogP contribution in [0.2, 0.25) is 0 Å². The minimum absolute atomic E-state index is 0.160. The van der Waals surface area contributed by atoms with Gasteiger partial charge in [0.1, 0.15) is 5.75 Å². The van der Waals surface area contributed by atoms with Gasteiger partial charge in [0.25, 0.3) is 0 Å². The number of aryl methyl sites for hydroxylation is 1. The molecule has 0 amide bonds. The smallest absolute Gasteiger partial charge is 0.416 e. The zero-order valence-corrected chi connectivity index (χ0v) is 11.7. The van der Waals surface area contributed by atoms with Gasteiger partial charge in [-0.25, -0.2) is 0 Å². The Balaban J connectivity index is 2.16. The Morgan fingerprint density at radius 1 is 1.05 bits per heavy atom. The molecule has 0 aliphatic rings. The van der Waals surface area contributed by atoms with Crippen LogP contribution in [0.15, 0.2) is 42.5 Å². The van der Waals surface area contributed by atoms with Crippen molar-refractivity contribution in [2.45, 2.75) is 26.1 Å². The van der Waals surface area contributed by atoms with E-state index in [1.807, 2.05) is 19.9 Å². The van der Waals surface area contributed by atoms with Crippen molar-refractivity contribution in [2.75, 3.05) is 5.32 Å². The average Bonchev–Trinajstić information content (AvgIpc) is 2.41. The maximum Gasteiger partial charge on any atom is 0.416 e. The fourth-order valence-electron chi connectivity index (χ4n) is 2.10. The van der Waals surface area contributed by atoms with E-state index < -0.39 is 11.7 Å². The van der Waals surface area contributed by atoms with E-state index in [-0.39, 0.29) is 11.8 Å². The monoisotopic (exact) mass is 295 g/mol. The third-order valence-electron chi connectivity index (χ3n) is 3.24. The standard InChI is InChI=1S/C16H16F3NO/c1-10-3-8-15(21)14(9-10)11(2)20-13-6-4-12(5-7-13)16(17,18)19/h3-9,11,20-21H,1-2H3. The highest BCUT2D eigenvalue weighted by Crippen LogP contribution is 2.31. The summed E-state index contributed by atoms with van der Waals surface area (Å²) in [4.78, 5) is 0. The van der Waals surface area contributed by atoms with Crippen LogP contribution >= 0.6 is 0 Å². The molecule has 0 radical (unpaired) electrons. The van der Waals surface area contributed by atoms with Crippen LogP contribution in [0, 0.1) is 6.92 Å². The van der Waals surface area contributed by atoms with Gasteiger partial charge >= 0.3 is 6.18 Å². The van der Waals surface area contributed by atoms with E-state index >= 15 is 0 Å². The van der Waals surface area contributed by atoms with Crippen LogP contribution in [0.5, 0.6) is 5.75 Å². The molecule has 0 aliphatic heterocycles. The molecular weight excluding hydrogens is 279 g/mol. The van der Waals surface area contributed by atoms with Crippen LogP contribution in [-0.2, 0) is 6.18 Å². The highest BCUT2D eigenvalue weighted by Gasteiger charge is 2.29. The van der Waals surface area contributed by atoms with Crippen LogP contribution in [0.25, 0.3) is 0 Å². The van der Waals surface area contributed by atoms with Gasteiger partial charge < -0.3 is 10.4 Å². The molecule has 21 heavy (non-hydrogen) atoms. The van der Waals surface area contributed by atoms with Crippen molar-refractivity contribution in [3.8, 4) is 5.75 Å². The van der Waals surface area contributed by atoms with Gasteiger partial charge in [-0.3, -0.25) is 0 Å². The van der Waals surface area contributed by atoms with Crippen LogP contribution in [0.3, 0.4) is 0 Å². The number of anilines is 1. The third-order valence-corrected chi connectivity index (χ3v) is 3.24. The molecule has 2 aromatic rings. The summed E-state index contributed by atoms with van der Waals surface area (Å²) in [6.07, 6.45) is -4.33. The summed E-state index contributed by atoms with van der Waals surface area (Å²) in [5.74, 6) is 0.160. The van der Waals surface area contributed by atoms with Crippen molar-refractivity contribution in [1.82, 2.24) is 0 Å². The molecule has 2 rings (SSSR count). The van der Waals surface area contributed by atoms with Gasteiger partial charge in [-0.2, -0.15) is 13.2 Å². The van der Waals surface area contributed by atoms with Crippen molar-refractivity contribution in [3.63, 3.8) is 0 Å². The fourth-order valence-corrected chi connectivity index (χ4v) is 2.10. The van der Waals surface area contributed by atoms with Gasteiger partial charge in [0, 0.05) is 11.3 Å². The lowest BCUT2D eigenvalue weighted by molar-refractivity contribution is -0.137. The van der Waals surface area contributed by atoms with Crippen molar-refractivity contribution < 1.29 is 18.3 Å². The van der Waals surface area contributed by atoms with E-state index in [4.69, 9.17) is 0 Å². The second kappa shape index (κ2) is 5.68. The van der Waals surface area contributed by atoms with E-state index in [1.54, 1.807) is 12.1 Å². The maximum atomic E-state index is 12.5. The number of rotatable bonds is 3. The van der Waals surface area contributed by atoms with Crippen LogP contribution < -0.4 is 5.32 Å². The summed E-state index contributed by atoms with van der Waals surface area (Å²) < 4.78 is 37.5. The lowest BCUT2D eigenvalue weighted by atomic mass is 10.0. The zero-order chi connectivity index (χ0) is 15.6. The first kappa shape index (κ1) is 15.2. The normalized spacial score (nSPS) is 13.0. The van der Waals surface area contributed by atoms with E-state index in [0.29, 0.717) is 11.3 Å². The number of aromatic hydroxyl groups is 1. The van der Waals surface area contributed by atoms with Gasteiger partial charge in [-0.15, -0.1) is 0 Å². The Labute approximate surface area is 121 Å². The van der Waals surface area contributed by atoms with E-state index in [1.165, 1.54) is 12.1 Å². The van der Waals surface area contributed by atoms with E-state index in [9.17, 15) is 18.3 Å². The molecule has 2 aromatic carbocycles. The third kappa shape index (κ3) is 3.68. The Hall–Kier alpha value is -2.17. The molecule has 0 fully saturated rings. The molecule has 0 spiro atoms. The zero-order valence-electron chi connectivity index (χ0n) is 11.7. The Morgan fingerprint density at radius 3 is 2.24 bits per heavy atom. The van der Waals surface area contributed by atoms with Gasteiger partial charge in [-0.1, -0.05) is 17.7 Å². The lowest BCUT2D eigenvalue weighted by Gasteiger charge is -2.18. The molecule has 2 N–H and O–H groups in total. The Bertz CT molecular complexity index is 620. The van der Waals surface area contributed by atoms with E-state index in [0.717, 1.165) is 17.7 Å². The summed E-state index contributed by atoms with van der Waals surface area (Å²) in [6, 6.07) is 9.85. The molecule has 0 aliphatic carbocycles. The number of nitrogens with one attached hydrogen (secondary N) is 1. The summed E-state index contributed by atoms with van der Waals surface area (Å²) in [7, 11) is 0. The number of phenols is 1. The Kier molecular flexibility index (Phi) is 4.11. The maximum absolute atomic E-state index is 12.5. The minimum atomic E-state index is -4.33. The van der Waals surface area contributed by atoms with Crippen molar-refractivity contribution >= 4 is 5.69 Å². The summed E-state index contributed by atoms with van der Waals surface area (Å²) in [5.41, 5.74) is 1.59. The number of alkyl halides is 3. The summed E-state index contributed by atoms with van der Waals surface area (Å²) in [5, 5.41) is 12.9. The fraction of sp³-hybridized carbons (Fsp3) is 0.250. The number of hydrogen-bond acceptors (Lipinski definition) is 2. The van der Waals surface area contributed by atoms with Gasteiger partial charge in [0.05, 0.1) is 11.6 Å². The molecule has 0 heterocycles. The van der Waals surface area contributed by atoms with Crippen molar-refractivity contribution in [2.24, 2.45) is 0 Å². The molecular formula is C16H16F3NO. The molecule has 112 valence electrons. The topological polar surface area (TPSA) is 32.3 Å². The van der Waals surface area contributed by atoms with Crippen LogP contribution in [0.4, 0.5) is 18.9 Å². The van der Waals surface area contributed by atoms with E-state index in [2.05, 4.69) is 5.32 Å². The number of benzene rings is 2. The highest BCUT2D eigenvalue weighted by molar-refractivity contribution is 5.49. The van der Waals surface area contributed by atoms with Crippen molar-refractivity contribution in [3.05, 3.63) is 59.2 Å². The second-order valence-electron chi connectivity index (χ2n) is 5.00. The number of phenolic OH excluding ortho intramolecular Hbond substituents is 1. The average molecular weight is 295 g/mol. The number of hydrogen-bond donors (Lipinski definition) is 2. The summed E-state index contributed by atoms with van der Waals surface area (Å²) in [6.45, 7) is 3.75. The second-order valence-corrected chi connectivity index (χ2v) is 5.00. The minimum Gasteiger partial charge on any atom is -0.508 e. The predicted molar refractivity (Wildman–Crippen MR) is 76.3 cm³/mol. The lowest BCUT2D eigenvalue weighted by Crippen LogP contribution is -2.08. The molecule has 0 bridgehead atoms. The van der Waals surface area contributed by atoms with Gasteiger partial charge in [-0.05, 0) is 44.2 Å². The van der Waals surface area contributed by atoms with Gasteiger partial charge in [0.2, 0.25) is 0 Å². The predicted octanol–water partition coefficient (Wildman–Crippen LogP) is 4.89. The van der Waals surface area contributed by atoms with Crippen LogP contribution in [-0.4, -0.2) is 5.11 Å². The molecule has 0 aromatic heterocycles. The molecule has 1 atom stereocenters. The SMILES string of the molecule is Cc1ccc(O)c(C(C)Nc2ccc(C(F)(F)F)cc2)c1. The first-order chi connectivity index (χ1) is 9.77. The van der Waals surface area contributed by atoms with Crippen LogP contribution in [0.1, 0.15) is 29.7 Å². The summed E-state index contributed by atoms with van der Waals surface area (Å²) >= 11 is 0. The molecule has 2 nitrogen and oxygen atoms in total. The Morgan fingerprint density at radius 2 is 1.67 bits per heavy atom. The number of halogens is 3. The first-order valence-corrected chi connectivity index (χ1v) is 6.50. The molecule has 1 unspecified atom stereocenters. The molecule has 0 saturated heterocycles. The highest BCUT2D eigenvalue weighted by atomic mass is 19.4. The van der Waals surface area contributed by atoms with Crippen molar-refractivity contribution in [1.29, 1.82) is 0 Å². The quantitative estimate of drug-likeness (QED) is 0.844. The largest absolute Gasteiger partial charge is 0.508 e. The first-order valence-electron chi connectivity index (χ1n) is 6.50. The molecule has 0 saturated carbocycles.